The molecule has 2 aromatic rings. The minimum Gasteiger partial charge on any atom is -0.385 e. The van der Waals surface area contributed by atoms with Crippen molar-refractivity contribution in [3.8, 4) is 5.69 Å². The van der Waals surface area contributed by atoms with Crippen molar-refractivity contribution < 1.29 is 4.92 Å². The molecule has 21 heavy (non-hydrogen) atoms. The van der Waals surface area contributed by atoms with Crippen LogP contribution in [0.1, 0.15) is 24.7 Å². The van der Waals surface area contributed by atoms with Crippen LogP contribution in [-0.2, 0) is 0 Å². The summed E-state index contributed by atoms with van der Waals surface area (Å²) in [5, 5.41) is 19.2. The number of nitro benzene ring substituents is 1. The van der Waals surface area contributed by atoms with E-state index in [1.54, 1.807) is 11.6 Å². The van der Waals surface area contributed by atoms with E-state index in [2.05, 4.69) is 10.4 Å². The number of hydrogen-bond donors (Lipinski definition) is 1. The maximum absolute atomic E-state index is 11.1. The quantitative estimate of drug-likeness (QED) is 0.672. The van der Waals surface area contributed by atoms with Gasteiger partial charge in [0, 0.05) is 24.4 Å². The molecule has 0 spiro atoms. The van der Waals surface area contributed by atoms with E-state index < -0.39 is 4.92 Å². The standard InChI is InChI=1S/C14H17ClN4O2/c1-4-5-16-11-6-12(8-13(7-11)19(20)21)18-10(3)14(15)9(2)17-18/h6-8,16H,4-5H2,1-3H3. The number of hydrogen-bond acceptors (Lipinski definition) is 4. The summed E-state index contributed by atoms with van der Waals surface area (Å²) in [6, 6.07) is 4.85. The molecule has 0 amide bonds. The van der Waals surface area contributed by atoms with Crippen LogP contribution in [0.15, 0.2) is 18.2 Å². The second-order valence-corrected chi connectivity index (χ2v) is 5.20. The van der Waals surface area contributed by atoms with Gasteiger partial charge in [-0.2, -0.15) is 5.10 Å². The van der Waals surface area contributed by atoms with E-state index in [1.165, 1.54) is 12.1 Å². The van der Waals surface area contributed by atoms with Crippen molar-refractivity contribution in [3.05, 3.63) is 44.7 Å². The lowest BCUT2D eigenvalue weighted by Gasteiger charge is -2.09. The summed E-state index contributed by atoms with van der Waals surface area (Å²) < 4.78 is 1.63. The minimum absolute atomic E-state index is 0.0229. The molecule has 112 valence electrons. The normalized spacial score (nSPS) is 10.7. The number of nitrogens with zero attached hydrogens (tertiary/aromatic N) is 3. The molecule has 7 heteroatoms. The molecule has 0 radical (unpaired) electrons. The van der Waals surface area contributed by atoms with Crippen molar-refractivity contribution in [2.24, 2.45) is 0 Å². The van der Waals surface area contributed by atoms with E-state index in [0.717, 1.165) is 18.7 Å². The van der Waals surface area contributed by atoms with Crippen LogP contribution in [0.5, 0.6) is 0 Å². The zero-order valence-electron chi connectivity index (χ0n) is 12.2. The van der Waals surface area contributed by atoms with Crippen LogP contribution in [0.25, 0.3) is 5.69 Å². The summed E-state index contributed by atoms with van der Waals surface area (Å²) in [6.07, 6.45) is 0.934. The Morgan fingerprint density at radius 1 is 1.38 bits per heavy atom. The lowest BCUT2D eigenvalue weighted by atomic mass is 10.2. The van der Waals surface area contributed by atoms with Crippen molar-refractivity contribution >= 4 is 23.0 Å². The molecular weight excluding hydrogens is 292 g/mol. The largest absolute Gasteiger partial charge is 0.385 e. The first-order valence-corrected chi connectivity index (χ1v) is 7.07. The molecule has 0 aliphatic carbocycles. The minimum atomic E-state index is -0.409. The maximum Gasteiger partial charge on any atom is 0.273 e. The van der Waals surface area contributed by atoms with Gasteiger partial charge in [0.05, 0.1) is 27.0 Å². The van der Waals surface area contributed by atoms with Crippen molar-refractivity contribution in [1.29, 1.82) is 0 Å². The second kappa shape index (κ2) is 6.13. The van der Waals surface area contributed by atoms with E-state index in [0.29, 0.717) is 22.1 Å². The highest BCUT2D eigenvalue weighted by atomic mass is 35.5. The number of anilines is 1. The molecule has 0 fully saturated rings. The van der Waals surface area contributed by atoms with Gasteiger partial charge in [0.25, 0.3) is 5.69 Å². The van der Waals surface area contributed by atoms with E-state index >= 15 is 0 Å². The number of nitrogens with one attached hydrogen (secondary N) is 1. The average Bonchev–Trinajstić information content (AvgIpc) is 2.72. The smallest absolute Gasteiger partial charge is 0.273 e. The van der Waals surface area contributed by atoms with Gasteiger partial charge in [-0.25, -0.2) is 4.68 Å². The van der Waals surface area contributed by atoms with E-state index in [9.17, 15) is 10.1 Å². The zero-order valence-corrected chi connectivity index (χ0v) is 12.9. The number of aryl methyl sites for hydroxylation is 1. The molecule has 0 atom stereocenters. The number of nitro groups is 1. The molecule has 6 nitrogen and oxygen atoms in total. The Morgan fingerprint density at radius 3 is 2.62 bits per heavy atom. The Bertz CT molecular complexity index is 682. The highest BCUT2D eigenvalue weighted by Crippen LogP contribution is 2.27. The fourth-order valence-corrected chi connectivity index (χ4v) is 2.19. The lowest BCUT2D eigenvalue weighted by Crippen LogP contribution is -2.04. The highest BCUT2D eigenvalue weighted by molar-refractivity contribution is 6.31. The topological polar surface area (TPSA) is 73.0 Å². The summed E-state index contributed by atoms with van der Waals surface area (Å²) in [5.41, 5.74) is 2.80. The Balaban J connectivity index is 2.53. The predicted molar refractivity (Wildman–Crippen MR) is 83.5 cm³/mol. The number of non-ortho nitro benzene ring substituents is 1. The van der Waals surface area contributed by atoms with Gasteiger partial charge < -0.3 is 5.32 Å². The SMILES string of the molecule is CCCNc1cc(-n2nc(C)c(Cl)c2C)cc([N+](=O)[O-])c1. The number of aromatic nitrogens is 2. The molecule has 0 aliphatic rings. The van der Waals surface area contributed by atoms with E-state index in [1.807, 2.05) is 19.9 Å². The first-order chi connectivity index (χ1) is 9.93. The zero-order chi connectivity index (χ0) is 15.6. The lowest BCUT2D eigenvalue weighted by molar-refractivity contribution is -0.384. The van der Waals surface area contributed by atoms with Crippen molar-refractivity contribution in [1.82, 2.24) is 9.78 Å². The third-order valence-corrected chi connectivity index (χ3v) is 3.69. The summed E-state index contributed by atoms with van der Waals surface area (Å²) in [7, 11) is 0. The van der Waals surface area contributed by atoms with Gasteiger partial charge in [-0.05, 0) is 26.3 Å². The van der Waals surface area contributed by atoms with Gasteiger partial charge >= 0.3 is 0 Å². The monoisotopic (exact) mass is 308 g/mol. The molecule has 0 aliphatic heterocycles. The van der Waals surface area contributed by atoms with Crippen LogP contribution in [0, 0.1) is 24.0 Å². The third-order valence-electron chi connectivity index (χ3n) is 3.14. The molecule has 1 aromatic heterocycles. The summed E-state index contributed by atoms with van der Waals surface area (Å²) in [6.45, 7) is 6.42. The first kappa shape index (κ1) is 15.3. The molecule has 0 saturated carbocycles. The molecule has 0 bridgehead atoms. The van der Waals surface area contributed by atoms with Gasteiger partial charge in [-0.15, -0.1) is 0 Å². The Morgan fingerprint density at radius 2 is 2.10 bits per heavy atom. The molecular formula is C14H17ClN4O2. The average molecular weight is 309 g/mol. The van der Waals surface area contributed by atoms with Crippen LogP contribution in [0.3, 0.4) is 0 Å². The Hall–Kier alpha value is -2.08. The second-order valence-electron chi connectivity index (χ2n) is 4.82. The van der Waals surface area contributed by atoms with Crippen molar-refractivity contribution in [3.63, 3.8) is 0 Å². The fourth-order valence-electron chi connectivity index (χ4n) is 2.07. The third kappa shape index (κ3) is 3.16. The highest BCUT2D eigenvalue weighted by Gasteiger charge is 2.15. The van der Waals surface area contributed by atoms with Gasteiger partial charge in [0.15, 0.2) is 0 Å². The van der Waals surface area contributed by atoms with Gasteiger partial charge in [0.2, 0.25) is 0 Å². The Kier molecular flexibility index (Phi) is 4.47. The summed E-state index contributed by atoms with van der Waals surface area (Å²) >= 11 is 6.14. The van der Waals surface area contributed by atoms with Crippen LogP contribution >= 0.6 is 11.6 Å². The molecule has 1 heterocycles. The van der Waals surface area contributed by atoms with Crippen LogP contribution in [0.2, 0.25) is 5.02 Å². The van der Waals surface area contributed by atoms with Crippen molar-refractivity contribution in [2.45, 2.75) is 27.2 Å². The Labute approximate surface area is 127 Å². The van der Waals surface area contributed by atoms with Gasteiger partial charge in [0.1, 0.15) is 0 Å². The fraction of sp³-hybridized carbons (Fsp3) is 0.357. The molecule has 0 saturated heterocycles. The maximum atomic E-state index is 11.1. The van der Waals surface area contributed by atoms with E-state index in [-0.39, 0.29) is 5.69 Å². The van der Waals surface area contributed by atoms with Gasteiger partial charge in [-0.3, -0.25) is 10.1 Å². The molecule has 1 N–H and O–H groups in total. The predicted octanol–water partition coefficient (Wildman–Crippen LogP) is 3.87. The number of benzene rings is 1. The molecule has 2 rings (SSSR count). The van der Waals surface area contributed by atoms with E-state index in [4.69, 9.17) is 11.6 Å². The summed E-state index contributed by atoms with van der Waals surface area (Å²) in [5.74, 6) is 0. The molecule has 0 unspecified atom stereocenters. The first-order valence-electron chi connectivity index (χ1n) is 6.69. The number of rotatable bonds is 5. The van der Waals surface area contributed by atoms with Crippen LogP contribution in [0.4, 0.5) is 11.4 Å². The van der Waals surface area contributed by atoms with Gasteiger partial charge in [-0.1, -0.05) is 18.5 Å². The summed E-state index contributed by atoms with van der Waals surface area (Å²) in [4.78, 5) is 10.7. The molecule has 1 aromatic carbocycles. The van der Waals surface area contributed by atoms with Crippen LogP contribution in [-0.4, -0.2) is 21.2 Å². The number of halogens is 1. The van der Waals surface area contributed by atoms with Crippen LogP contribution < -0.4 is 5.32 Å². The van der Waals surface area contributed by atoms with Crippen molar-refractivity contribution in [2.75, 3.05) is 11.9 Å².